The van der Waals surface area contributed by atoms with E-state index in [-0.39, 0.29) is 5.91 Å². The van der Waals surface area contributed by atoms with Crippen LogP contribution in [0.5, 0.6) is 5.75 Å². The zero-order chi connectivity index (χ0) is 14.3. The van der Waals surface area contributed by atoms with Crippen molar-refractivity contribution in [1.82, 2.24) is 10.3 Å². The zero-order valence-corrected chi connectivity index (χ0v) is 11.4. The summed E-state index contributed by atoms with van der Waals surface area (Å²) >= 11 is 0. The molecule has 0 unspecified atom stereocenters. The van der Waals surface area contributed by atoms with Gasteiger partial charge in [-0.25, -0.2) is 0 Å². The number of H-pyrrole nitrogens is 1. The molecule has 4 N–H and O–H groups in total. The molecule has 0 saturated heterocycles. The number of carbonyl (C=O) groups excluding carboxylic acids is 1. The average molecular weight is 272 g/mol. The number of amides is 1. The van der Waals surface area contributed by atoms with Crippen LogP contribution in [0.15, 0.2) is 17.2 Å². The molecule has 20 heavy (non-hydrogen) atoms. The van der Waals surface area contributed by atoms with Gasteiger partial charge in [0, 0.05) is 23.0 Å². The summed E-state index contributed by atoms with van der Waals surface area (Å²) in [7, 11) is 1.61. The average Bonchev–Trinajstić information content (AvgIpc) is 2.85. The molecule has 0 aliphatic carbocycles. The van der Waals surface area contributed by atoms with Gasteiger partial charge in [-0.05, 0) is 31.0 Å². The third-order valence-electron chi connectivity index (χ3n) is 3.69. The summed E-state index contributed by atoms with van der Waals surface area (Å²) in [5.74, 6) is 6.06. The summed E-state index contributed by atoms with van der Waals surface area (Å²) in [6.07, 6.45) is 0.777. The number of nitrogens with one attached hydrogen (secondary N) is 2. The van der Waals surface area contributed by atoms with Crippen molar-refractivity contribution in [2.24, 2.45) is 10.9 Å². The number of methoxy groups -OCH3 is 1. The van der Waals surface area contributed by atoms with Gasteiger partial charge in [0.2, 0.25) is 0 Å². The summed E-state index contributed by atoms with van der Waals surface area (Å²) in [5, 5.41) is 7.59. The summed E-state index contributed by atoms with van der Waals surface area (Å²) in [4.78, 5) is 15.1. The monoisotopic (exact) mass is 272 g/mol. The standard InChI is InChI=1S/C14H16N4O2/c1-7(18-15)11-10(20-2)4-3-9-12(11)8-5-6-16-14(19)13(8)17-9/h3-4,17H,5-6,15H2,1-2H3,(H,16,19)/b18-7+. The number of fused-ring (bicyclic) bond motifs is 3. The van der Waals surface area contributed by atoms with Crippen molar-refractivity contribution in [3.63, 3.8) is 0 Å². The zero-order valence-electron chi connectivity index (χ0n) is 11.4. The maximum Gasteiger partial charge on any atom is 0.268 e. The number of ether oxygens (including phenoxy) is 1. The van der Waals surface area contributed by atoms with Crippen LogP contribution < -0.4 is 15.9 Å². The molecule has 2 aromatic rings. The summed E-state index contributed by atoms with van der Waals surface area (Å²) in [6, 6.07) is 3.76. The molecule has 0 saturated carbocycles. The van der Waals surface area contributed by atoms with Crippen LogP contribution in [0.2, 0.25) is 0 Å². The van der Waals surface area contributed by atoms with Crippen molar-refractivity contribution in [3.05, 3.63) is 29.0 Å². The Balaban J connectivity index is 2.41. The van der Waals surface area contributed by atoms with Gasteiger partial charge in [0.05, 0.1) is 12.8 Å². The van der Waals surface area contributed by atoms with Gasteiger partial charge in [-0.15, -0.1) is 0 Å². The van der Waals surface area contributed by atoms with Crippen LogP contribution >= 0.6 is 0 Å². The highest BCUT2D eigenvalue weighted by Crippen LogP contribution is 2.34. The Labute approximate surface area is 116 Å². The molecule has 0 fully saturated rings. The van der Waals surface area contributed by atoms with E-state index in [1.54, 1.807) is 7.11 Å². The summed E-state index contributed by atoms with van der Waals surface area (Å²) in [5.41, 5.74) is 4.04. The summed E-state index contributed by atoms with van der Waals surface area (Å²) < 4.78 is 5.41. The van der Waals surface area contributed by atoms with Crippen LogP contribution in [-0.2, 0) is 6.42 Å². The lowest BCUT2D eigenvalue weighted by atomic mass is 9.97. The fraction of sp³-hybridized carbons (Fsp3) is 0.286. The second kappa shape index (κ2) is 4.56. The van der Waals surface area contributed by atoms with Gasteiger partial charge < -0.3 is 20.9 Å². The first kappa shape index (κ1) is 12.5. The number of hydrazone groups is 1. The van der Waals surface area contributed by atoms with Gasteiger partial charge in [0.25, 0.3) is 5.91 Å². The van der Waals surface area contributed by atoms with E-state index in [2.05, 4.69) is 15.4 Å². The van der Waals surface area contributed by atoms with Crippen molar-refractivity contribution in [1.29, 1.82) is 0 Å². The molecule has 6 nitrogen and oxygen atoms in total. The van der Waals surface area contributed by atoms with E-state index in [1.807, 2.05) is 19.1 Å². The van der Waals surface area contributed by atoms with Crippen LogP contribution in [0.3, 0.4) is 0 Å². The molecule has 0 bridgehead atoms. The molecule has 1 aliphatic rings. The lowest BCUT2D eigenvalue weighted by Crippen LogP contribution is -2.31. The van der Waals surface area contributed by atoms with Crippen molar-refractivity contribution in [2.75, 3.05) is 13.7 Å². The normalized spacial score (nSPS) is 15.1. The van der Waals surface area contributed by atoms with Crippen molar-refractivity contribution < 1.29 is 9.53 Å². The quantitative estimate of drug-likeness (QED) is 0.435. The molecule has 0 radical (unpaired) electrons. The van der Waals surface area contributed by atoms with Crippen molar-refractivity contribution in [2.45, 2.75) is 13.3 Å². The highest BCUT2D eigenvalue weighted by molar-refractivity contribution is 6.15. The van der Waals surface area contributed by atoms with E-state index in [9.17, 15) is 4.79 Å². The van der Waals surface area contributed by atoms with E-state index in [4.69, 9.17) is 10.6 Å². The maximum atomic E-state index is 11.9. The van der Waals surface area contributed by atoms with E-state index in [0.717, 1.165) is 28.5 Å². The molecule has 1 aromatic carbocycles. The van der Waals surface area contributed by atoms with Crippen LogP contribution in [0.25, 0.3) is 10.9 Å². The first-order chi connectivity index (χ1) is 9.67. The molecular formula is C14H16N4O2. The number of rotatable bonds is 2. The minimum atomic E-state index is -0.0743. The number of aromatic nitrogens is 1. The molecule has 3 rings (SSSR count). The number of hydrogen-bond donors (Lipinski definition) is 3. The molecule has 1 amide bonds. The van der Waals surface area contributed by atoms with Gasteiger partial charge in [-0.1, -0.05) is 0 Å². The Morgan fingerprint density at radius 2 is 2.25 bits per heavy atom. The maximum absolute atomic E-state index is 11.9. The minimum absolute atomic E-state index is 0.0743. The second-order valence-electron chi connectivity index (χ2n) is 4.76. The number of aromatic amines is 1. The Hall–Kier alpha value is -2.50. The molecule has 0 spiro atoms. The Morgan fingerprint density at radius 1 is 1.45 bits per heavy atom. The van der Waals surface area contributed by atoms with E-state index in [0.29, 0.717) is 23.7 Å². The van der Waals surface area contributed by atoms with Gasteiger partial charge in [0.15, 0.2) is 0 Å². The number of carbonyl (C=O) groups is 1. The minimum Gasteiger partial charge on any atom is -0.496 e. The fourth-order valence-corrected chi connectivity index (χ4v) is 2.76. The third-order valence-corrected chi connectivity index (χ3v) is 3.69. The van der Waals surface area contributed by atoms with Gasteiger partial charge in [-0.3, -0.25) is 4.79 Å². The smallest absolute Gasteiger partial charge is 0.268 e. The second-order valence-corrected chi connectivity index (χ2v) is 4.76. The fourth-order valence-electron chi connectivity index (χ4n) is 2.76. The van der Waals surface area contributed by atoms with Gasteiger partial charge in [0.1, 0.15) is 11.4 Å². The molecule has 104 valence electrons. The molecule has 1 aromatic heterocycles. The van der Waals surface area contributed by atoms with Crippen molar-refractivity contribution >= 4 is 22.5 Å². The van der Waals surface area contributed by atoms with Gasteiger partial charge in [-0.2, -0.15) is 5.10 Å². The molecular weight excluding hydrogens is 256 g/mol. The molecule has 6 heteroatoms. The summed E-state index contributed by atoms with van der Waals surface area (Å²) in [6.45, 7) is 2.47. The number of benzene rings is 1. The van der Waals surface area contributed by atoms with E-state index < -0.39 is 0 Å². The lowest BCUT2D eigenvalue weighted by Gasteiger charge is -2.14. The number of hydrogen-bond acceptors (Lipinski definition) is 4. The van der Waals surface area contributed by atoms with Crippen LogP contribution in [0.1, 0.15) is 28.5 Å². The van der Waals surface area contributed by atoms with E-state index >= 15 is 0 Å². The van der Waals surface area contributed by atoms with Crippen molar-refractivity contribution in [3.8, 4) is 5.75 Å². The number of nitrogens with two attached hydrogens (primary N) is 1. The Morgan fingerprint density at radius 3 is 2.95 bits per heavy atom. The Kier molecular flexibility index (Phi) is 2.85. The van der Waals surface area contributed by atoms with Crippen LogP contribution in [0, 0.1) is 0 Å². The predicted molar refractivity (Wildman–Crippen MR) is 77.3 cm³/mol. The SMILES string of the molecule is COc1ccc2[nH]c3c(c2c1/C(C)=N/N)CCNC3=O. The molecule has 0 atom stereocenters. The predicted octanol–water partition coefficient (Wildman–Crippen LogP) is 1.15. The molecule has 2 heterocycles. The lowest BCUT2D eigenvalue weighted by molar-refractivity contribution is 0.0942. The first-order valence-electron chi connectivity index (χ1n) is 6.42. The molecule has 1 aliphatic heterocycles. The van der Waals surface area contributed by atoms with Gasteiger partial charge >= 0.3 is 0 Å². The topological polar surface area (TPSA) is 92.5 Å². The largest absolute Gasteiger partial charge is 0.496 e. The van der Waals surface area contributed by atoms with E-state index in [1.165, 1.54) is 0 Å². The Bertz CT molecular complexity index is 730. The highest BCUT2D eigenvalue weighted by Gasteiger charge is 2.25. The van der Waals surface area contributed by atoms with Crippen LogP contribution in [-0.4, -0.2) is 30.3 Å². The number of nitrogens with zero attached hydrogens (tertiary/aromatic N) is 1. The third kappa shape index (κ3) is 1.65. The van der Waals surface area contributed by atoms with Crippen LogP contribution in [0.4, 0.5) is 0 Å². The first-order valence-corrected chi connectivity index (χ1v) is 6.42. The highest BCUT2D eigenvalue weighted by atomic mass is 16.5.